The Morgan fingerprint density at radius 2 is 1.69 bits per heavy atom. The van der Waals surface area contributed by atoms with Crippen LogP contribution in [0.4, 0.5) is 17.1 Å². The van der Waals surface area contributed by atoms with Crippen molar-refractivity contribution < 1.29 is 19.4 Å². The lowest BCUT2D eigenvalue weighted by Gasteiger charge is -2.23. The first kappa shape index (κ1) is 23.6. The molecule has 178 valence electrons. The Hall–Kier alpha value is -4.53. The third kappa shape index (κ3) is 4.89. The number of non-ortho nitro benzene ring substituents is 1. The molecule has 0 aliphatic carbocycles. The van der Waals surface area contributed by atoms with Crippen LogP contribution in [0.25, 0.3) is 11.6 Å². The van der Waals surface area contributed by atoms with Gasteiger partial charge in [0, 0.05) is 40.6 Å². The number of benzene rings is 3. The molecule has 3 aromatic carbocycles. The molecule has 1 N–H and O–H groups in total. The third-order valence-corrected chi connectivity index (χ3v) is 5.63. The van der Waals surface area contributed by atoms with E-state index in [1.807, 2.05) is 51.1 Å². The first-order chi connectivity index (χ1) is 16.5. The van der Waals surface area contributed by atoms with E-state index in [-0.39, 0.29) is 29.3 Å². The molecule has 1 amide bonds. The van der Waals surface area contributed by atoms with Crippen LogP contribution in [0.1, 0.15) is 43.0 Å². The van der Waals surface area contributed by atoms with E-state index in [0.717, 1.165) is 5.56 Å². The summed E-state index contributed by atoms with van der Waals surface area (Å²) in [6, 6.07) is 16.5. The van der Waals surface area contributed by atoms with Gasteiger partial charge in [-0.05, 0) is 34.8 Å². The average molecular weight is 473 g/mol. The second-order valence-corrected chi connectivity index (χ2v) is 9.20. The molecule has 9 heteroatoms. The zero-order valence-electron chi connectivity index (χ0n) is 19.4. The Bertz CT molecular complexity index is 1370. The summed E-state index contributed by atoms with van der Waals surface area (Å²) < 4.78 is 5.97. The standard InChI is InChI=1S/C26H23N3O6/c1-26(2,3)21-12-17(11-20-19-14-18(28(31)32)9-10-22(19)27-25(20)30)13-23(29(33)34)24(21)35-15-16-7-5-4-6-8-16/h4-14H,15H2,1-3H3,(H,27,30)/b20-11-. The SMILES string of the molecule is CC(C)(C)c1cc(/C=C2\C(=O)Nc3ccc([N+](=O)[O-])cc32)cc([N+](=O)[O-])c1OCc1ccccc1. The molecule has 0 atom stereocenters. The van der Waals surface area contributed by atoms with Gasteiger partial charge in [0.1, 0.15) is 6.61 Å². The summed E-state index contributed by atoms with van der Waals surface area (Å²) in [6.07, 6.45) is 1.51. The van der Waals surface area contributed by atoms with Crippen LogP contribution in [0.5, 0.6) is 5.75 Å². The molecule has 0 bridgehead atoms. The Morgan fingerprint density at radius 3 is 2.31 bits per heavy atom. The molecule has 0 saturated heterocycles. The number of hydrogen-bond donors (Lipinski definition) is 1. The lowest BCUT2D eigenvalue weighted by atomic mass is 9.84. The second kappa shape index (κ2) is 9.02. The quantitative estimate of drug-likeness (QED) is 0.271. The predicted molar refractivity (Wildman–Crippen MR) is 132 cm³/mol. The number of nitrogens with one attached hydrogen (secondary N) is 1. The summed E-state index contributed by atoms with van der Waals surface area (Å²) in [7, 11) is 0. The van der Waals surface area contributed by atoms with Crippen LogP contribution in [-0.2, 0) is 16.8 Å². The van der Waals surface area contributed by atoms with E-state index in [9.17, 15) is 25.0 Å². The summed E-state index contributed by atoms with van der Waals surface area (Å²) >= 11 is 0. The molecular formula is C26H23N3O6. The summed E-state index contributed by atoms with van der Waals surface area (Å²) in [6.45, 7) is 5.91. The van der Waals surface area contributed by atoms with Crippen LogP contribution in [0.15, 0.2) is 60.7 Å². The van der Waals surface area contributed by atoms with E-state index in [4.69, 9.17) is 4.74 Å². The smallest absolute Gasteiger partial charge is 0.311 e. The fraction of sp³-hybridized carbons (Fsp3) is 0.192. The molecule has 3 aromatic rings. The summed E-state index contributed by atoms with van der Waals surface area (Å²) in [5.41, 5.74) is 2.00. The molecule has 1 heterocycles. The van der Waals surface area contributed by atoms with Gasteiger partial charge in [-0.15, -0.1) is 0 Å². The Balaban J connectivity index is 1.83. The highest BCUT2D eigenvalue weighted by atomic mass is 16.6. The number of nitrogens with zero attached hydrogens (tertiary/aromatic N) is 2. The largest absolute Gasteiger partial charge is 0.482 e. The lowest BCUT2D eigenvalue weighted by molar-refractivity contribution is -0.386. The van der Waals surface area contributed by atoms with Crippen molar-refractivity contribution in [3.8, 4) is 5.75 Å². The van der Waals surface area contributed by atoms with Crippen molar-refractivity contribution in [1.82, 2.24) is 0 Å². The van der Waals surface area contributed by atoms with Crippen molar-refractivity contribution in [3.05, 3.63) is 103 Å². The van der Waals surface area contributed by atoms with Crippen LogP contribution < -0.4 is 10.1 Å². The van der Waals surface area contributed by atoms with Crippen LogP contribution in [0.2, 0.25) is 0 Å². The minimum Gasteiger partial charge on any atom is -0.482 e. The van der Waals surface area contributed by atoms with Gasteiger partial charge >= 0.3 is 5.69 Å². The molecule has 0 spiro atoms. The highest BCUT2D eigenvalue weighted by Crippen LogP contribution is 2.42. The second-order valence-electron chi connectivity index (χ2n) is 9.20. The fourth-order valence-electron chi connectivity index (χ4n) is 3.89. The minimum absolute atomic E-state index is 0.155. The van der Waals surface area contributed by atoms with Crippen LogP contribution in [0, 0.1) is 20.2 Å². The van der Waals surface area contributed by atoms with E-state index in [1.165, 1.54) is 30.3 Å². The topological polar surface area (TPSA) is 125 Å². The average Bonchev–Trinajstić information content (AvgIpc) is 3.11. The third-order valence-electron chi connectivity index (χ3n) is 5.63. The van der Waals surface area contributed by atoms with Gasteiger partial charge < -0.3 is 10.1 Å². The van der Waals surface area contributed by atoms with Crippen molar-refractivity contribution in [2.24, 2.45) is 0 Å². The molecule has 0 fully saturated rings. The number of amides is 1. The monoisotopic (exact) mass is 473 g/mol. The van der Waals surface area contributed by atoms with Crippen molar-refractivity contribution in [1.29, 1.82) is 0 Å². The van der Waals surface area contributed by atoms with E-state index in [1.54, 1.807) is 6.07 Å². The molecule has 0 aromatic heterocycles. The number of rotatable bonds is 6. The predicted octanol–water partition coefficient (Wildman–Crippen LogP) is 5.87. The van der Waals surface area contributed by atoms with Gasteiger partial charge in [0.05, 0.1) is 9.85 Å². The Labute approximate surface area is 201 Å². The van der Waals surface area contributed by atoms with Crippen molar-refractivity contribution >= 4 is 34.6 Å². The molecule has 0 radical (unpaired) electrons. The molecule has 9 nitrogen and oxygen atoms in total. The number of carbonyl (C=O) groups is 1. The van der Waals surface area contributed by atoms with E-state index >= 15 is 0 Å². The molecule has 4 rings (SSSR count). The Morgan fingerprint density at radius 1 is 0.971 bits per heavy atom. The van der Waals surface area contributed by atoms with Crippen molar-refractivity contribution in [2.45, 2.75) is 32.8 Å². The normalized spacial score (nSPS) is 13.9. The van der Waals surface area contributed by atoms with E-state index in [0.29, 0.717) is 22.4 Å². The number of carbonyl (C=O) groups excluding carboxylic acids is 1. The van der Waals surface area contributed by atoms with Gasteiger partial charge in [0.2, 0.25) is 5.75 Å². The molecule has 0 saturated carbocycles. The molecule has 1 aliphatic heterocycles. The zero-order valence-corrected chi connectivity index (χ0v) is 19.4. The maximum atomic E-state index is 12.6. The highest BCUT2D eigenvalue weighted by molar-refractivity contribution is 6.35. The zero-order chi connectivity index (χ0) is 25.3. The molecule has 1 aliphatic rings. The lowest BCUT2D eigenvalue weighted by Crippen LogP contribution is -2.15. The van der Waals surface area contributed by atoms with E-state index in [2.05, 4.69) is 5.32 Å². The highest BCUT2D eigenvalue weighted by Gasteiger charge is 2.30. The maximum Gasteiger partial charge on any atom is 0.311 e. The maximum absolute atomic E-state index is 12.6. The van der Waals surface area contributed by atoms with Gasteiger partial charge in [0.15, 0.2) is 0 Å². The first-order valence-corrected chi connectivity index (χ1v) is 10.9. The van der Waals surface area contributed by atoms with Crippen LogP contribution in [-0.4, -0.2) is 15.8 Å². The van der Waals surface area contributed by atoms with Crippen molar-refractivity contribution in [3.63, 3.8) is 0 Å². The van der Waals surface area contributed by atoms with Gasteiger partial charge in [-0.1, -0.05) is 51.1 Å². The van der Waals surface area contributed by atoms with Gasteiger partial charge in [-0.3, -0.25) is 25.0 Å². The fourth-order valence-corrected chi connectivity index (χ4v) is 3.89. The number of ether oxygens (including phenoxy) is 1. The number of nitro benzene ring substituents is 2. The number of nitro groups is 2. The number of hydrogen-bond acceptors (Lipinski definition) is 6. The summed E-state index contributed by atoms with van der Waals surface area (Å²) in [5, 5.41) is 25.9. The Kier molecular flexibility index (Phi) is 6.09. The molecule has 0 unspecified atom stereocenters. The van der Waals surface area contributed by atoms with Gasteiger partial charge in [-0.2, -0.15) is 0 Å². The number of anilines is 1. The molecular weight excluding hydrogens is 450 g/mol. The van der Waals surface area contributed by atoms with Crippen LogP contribution >= 0.6 is 0 Å². The summed E-state index contributed by atoms with van der Waals surface area (Å²) in [5.74, 6) is -0.273. The van der Waals surface area contributed by atoms with Crippen molar-refractivity contribution in [2.75, 3.05) is 5.32 Å². The number of fused-ring (bicyclic) bond motifs is 1. The van der Waals surface area contributed by atoms with Gasteiger partial charge in [0.25, 0.3) is 11.6 Å². The summed E-state index contributed by atoms with van der Waals surface area (Å²) in [4.78, 5) is 34.8. The molecule has 35 heavy (non-hydrogen) atoms. The van der Waals surface area contributed by atoms with Gasteiger partial charge in [-0.25, -0.2) is 0 Å². The first-order valence-electron chi connectivity index (χ1n) is 10.9. The van der Waals surface area contributed by atoms with E-state index < -0.39 is 21.2 Å². The van der Waals surface area contributed by atoms with Crippen LogP contribution in [0.3, 0.4) is 0 Å². The minimum atomic E-state index is -0.540.